The first-order chi connectivity index (χ1) is 15.5. The van der Waals surface area contributed by atoms with Crippen LogP contribution in [0.15, 0.2) is 70.7 Å². The average molecular weight is 446 g/mol. The molecule has 32 heavy (non-hydrogen) atoms. The predicted molar refractivity (Wildman–Crippen MR) is 125 cm³/mol. The molecule has 1 N–H and O–H groups in total. The molecule has 3 heterocycles. The van der Waals surface area contributed by atoms with Gasteiger partial charge in [-0.3, -0.25) is 14.2 Å². The van der Waals surface area contributed by atoms with Crippen LogP contribution < -0.4 is 10.9 Å². The Hall–Kier alpha value is -3.39. The summed E-state index contributed by atoms with van der Waals surface area (Å²) >= 11 is 1.50. The largest absolute Gasteiger partial charge is 0.350 e. The molecule has 1 aliphatic rings. The molecule has 1 aliphatic heterocycles. The molecule has 7 nitrogen and oxygen atoms in total. The van der Waals surface area contributed by atoms with Gasteiger partial charge in [-0.2, -0.15) is 5.10 Å². The van der Waals surface area contributed by atoms with Crippen LogP contribution in [0.25, 0.3) is 16.7 Å². The standard InChI is InChI=1S/C24H23N5O2S/c1-15-8-10-18(11-9-15)29-22-20(13-25-29)23(31)28-19(14-32-24(28)27-22)12-21(30)26-16(2)17-6-4-3-5-7-17/h3-11,13,16,19H,12,14H2,1-2H3,(H,26,30). The molecule has 2 aromatic heterocycles. The van der Waals surface area contributed by atoms with Crippen molar-refractivity contribution in [3.8, 4) is 5.69 Å². The summed E-state index contributed by atoms with van der Waals surface area (Å²) in [5.74, 6) is 0.557. The number of aromatic nitrogens is 4. The second-order valence-electron chi connectivity index (χ2n) is 8.07. The molecule has 8 heteroatoms. The summed E-state index contributed by atoms with van der Waals surface area (Å²) in [7, 11) is 0. The Kier molecular flexibility index (Phi) is 5.30. The zero-order chi connectivity index (χ0) is 22.2. The van der Waals surface area contributed by atoms with E-state index in [9.17, 15) is 9.59 Å². The van der Waals surface area contributed by atoms with E-state index in [1.165, 1.54) is 11.8 Å². The third kappa shape index (κ3) is 3.71. The molecule has 0 saturated carbocycles. The van der Waals surface area contributed by atoms with Gasteiger partial charge < -0.3 is 5.32 Å². The normalized spacial score (nSPS) is 16.1. The number of carbonyl (C=O) groups is 1. The lowest BCUT2D eigenvalue weighted by molar-refractivity contribution is -0.122. The van der Waals surface area contributed by atoms with Crippen molar-refractivity contribution in [1.29, 1.82) is 0 Å². The van der Waals surface area contributed by atoms with E-state index >= 15 is 0 Å². The van der Waals surface area contributed by atoms with Crippen LogP contribution in [-0.2, 0) is 4.79 Å². The van der Waals surface area contributed by atoms with Gasteiger partial charge in [0.1, 0.15) is 5.39 Å². The maximum absolute atomic E-state index is 13.3. The smallest absolute Gasteiger partial charge is 0.265 e. The second kappa shape index (κ2) is 8.27. The third-order valence-corrected chi connectivity index (χ3v) is 6.84. The Morgan fingerprint density at radius 2 is 1.94 bits per heavy atom. The minimum atomic E-state index is -0.231. The number of fused-ring (bicyclic) bond motifs is 2. The topological polar surface area (TPSA) is 81.8 Å². The van der Waals surface area contributed by atoms with Gasteiger partial charge in [0.25, 0.3) is 5.56 Å². The van der Waals surface area contributed by atoms with E-state index in [1.54, 1.807) is 15.4 Å². The molecule has 0 radical (unpaired) electrons. The number of hydrogen-bond acceptors (Lipinski definition) is 5. The van der Waals surface area contributed by atoms with Crippen molar-refractivity contribution in [3.05, 3.63) is 82.3 Å². The molecule has 0 aliphatic carbocycles. The fourth-order valence-electron chi connectivity index (χ4n) is 4.00. The van der Waals surface area contributed by atoms with Crippen LogP contribution in [0.2, 0.25) is 0 Å². The van der Waals surface area contributed by atoms with Crippen molar-refractivity contribution in [2.24, 2.45) is 0 Å². The molecule has 0 fully saturated rings. The minimum absolute atomic E-state index is 0.0813. The highest BCUT2D eigenvalue weighted by Gasteiger charge is 2.30. The molecule has 0 bridgehead atoms. The SMILES string of the molecule is Cc1ccc(-n2ncc3c(=O)n4c(nc32)SCC4CC(=O)NC(C)c2ccccc2)cc1. The summed E-state index contributed by atoms with van der Waals surface area (Å²) in [6, 6.07) is 17.4. The number of benzene rings is 2. The van der Waals surface area contributed by atoms with Gasteiger partial charge in [-0.15, -0.1) is 0 Å². The van der Waals surface area contributed by atoms with Gasteiger partial charge in [0.05, 0.1) is 24.0 Å². The summed E-state index contributed by atoms with van der Waals surface area (Å²) < 4.78 is 3.35. The molecule has 4 aromatic rings. The van der Waals surface area contributed by atoms with Crippen molar-refractivity contribution in [2.75, 3.05) is 5.75 Å². The van der Waals surface area contributed by atoms with Gasteiger partial charge in [-0.25, -0.2) is 9.67 Å². The number of nitrogens with zero attached hydrogens (tertiary/aromatic N) is 4. The van der Waals surface area contributed by atoms with Crippen LogP contribution in [0.3, 0.4) is 0 Å². The average Bonchev–Trinajstić information content (AvgIpc) is 3.40. The lowest BCUT2D eigenvalue weighted by Gasteiger charge is -2.17. The maximum Gasteiger partial charge on any atom is 0.265 e. The monoisotopic (exact) mass is 445 g/mol. The van der Waals surface area contributed by atoms with E-state index in [4.69, 9.17) is 4.98 Å². The molecular weight excluding hydrogens is 422 g/mol. The van der Waals surface area contributed by atoms with Crippen molar-refractivity contribution < 1.29 is 4.79 Å². The predicted octanol–water partition coefficient (Wildman–Crippen LogP) is 3.80. The number of thioether (sulfide) groups is 1. The van der Waals surface area contributed by atoms with Crippen molar-refractivity contribution in [1.82, 2.24) is 24.6 Å². The zero-order valence-corrected chi connectivity index (χ0v) is 18.7. The molecular formula is C24H23N5O2S. The fourth-order valence-corrected chi connectivity index (χ4v) is 5.13. The first kappa shape index (κ1) is 20.5. The quantitative estimate of drug-likeness (QED) is 0.473. The van der Waals surface area contributed by atoms with Gasteiger partial charge in [-0.1, -0.05) is 59.8 Å². The molecule has 2 aromatic carbocycles. The molecule has 2 unspecified atom stereocenters. The van der Waals surface area contributed by atoms with Gasteiger partial charge >= 0.3 is 0 Å². The van der Waals surface area contributed by atoms with Crippen LogP contribution in [0.1, 0.15) is 36.6 Å². The Labute approximate surface area is 189 Å². The Morgan fingerprint density at radius 3 is 2.69 bits per heavy atom. The summed E-state index contributed by atoms with van der Waals surface area (Å²) in [5.41, 5.74) is 3.45. The molecule has 0 spiro atoms. The molecule has 162 valence electrons. The first-order valence-electron chi connectivity index (χ1n) is 10.6. The van der Waals surface area contributed by atoms with Crippen LogP contribution in [0.5, 0.6) is 0 Å². The van der Waals surface area contributed by atoms with Crippen molar-refractivity contribution in [3.63, 3.8) is 0 Å². The Morgan fingerprint density at radius 1 is 1.19 bits per heavy atom. The number of aryl methyl sites for hydroxylation is 1. The number of carbonyl (C=O) groups excluding carboxylic acids is 1. The van der Waals surface area contributed by atoms with Crippen LogP contribution in [0.4, 0.5) is 0 Å². The van der Waals surface area contributed by atoms with Gasteiger partial charge in [0.2, 0.25) is 5.91 Å². The highest BCUT2D eigenvalue weighted by molar-refractivity contribution is 7.99. The summed E-state index contributed by atoms with van der Waals surface area (Å²) in [4.78, 5) is 30.7. The number of amides is 1. The second-order valence-corrected chi connectivity index (χ2v) is 9.05. The highest BCUT2D eigenvalue weighted by Crippen LogP contribution is 2.33. The lowest BCUT2D eigenvalue weighted by Crippen LogP contribution is -2.32. The van der Waals surface area contributed by atoms with Crippen LogP contribution in [0, 0.1) is 6.92 Å². The summed E-state index contributed by atoms with van der Waals surface area (Å²) in [6.45, 7) is 3.98. The highest BCUT2D eigenvalue weighted by atomic mass is 32.2. The first-order valence-corrected chi connectivity index (χ1v) is 11.5. The number of hydrogen-bond donors (Lipinski definition) is 1. The zero-order valence-electron chi connectivity index (χ0n) is 17.9. The van der Waals surface area contributed by atoms with E-state index in [1.807, 2.05) is 68.4 Å². The van der Waals surface area contributed by atoms with E-state index in [0.29, 0.717) is 21.9 Å². The number of rotatable bonds is 5. The van der Waals surface area contributed by atoms with Gasteiger partial charge in [-0.05, 0) is 31.5 Å². The summed E-state index contributed by atoms with van der Waals surface area (Å²) in [5, 5.41) is 8.54. The number of nitrogens with one attached hydrogen (secondary N) is 1. The molecule has 1 amide bonds. The van der Waals surface area contributed by atoms with E-state index in [0.717, 1.165) is 16.8 Å². The van der Waals surface area contributed by atoms with Crippen molar-refractivity contribution in [2.45, 2.75) is 37.5 Å². The van der Waals surface area contributed by atoms with Gasteiger partial charge in [0, 0.05) is 12.2 Å². The van der Waals surface area contributed by atoms with E-state index < -0.39 is 0 Å². The van der Waals surface area contributed by atoms with Crippen LogP contribution in [-0.4, -0.2) is 31.0 Å². The Bertz CT molecular complexity index is 1340. The maximum atomic E-state index is 13.3. The van der Waals surface area contributed by atoms with Gasteiger partial charge in [0.15, 0.2) is 10.8 Å². The Balaban J connectivity index is 1.40. The molecule has 5 rings (SSSR count). The van der Waals surface area contributed by atoms with E-state index in [2.05, 4.69) is 10.4 Å². The molecule has 2 atom stereocenters. The lowest BCUT2D eigenvalue weighted by atomic mass is 10.1. The van der Waals surface area contributed by atoms with E-state index in [-0.39, 0.29) is 30.0 Å². The fraction of sp³-hybridized carbons (Fsp3) is 0.250. The van der Waals surface area contributed by atoms with Crippen LogP contribution >= 0.6 is 11.8 Å². The summed E-state index contributed by atoms with van der Waals surface area (Å²) in [6.07, 6.45) is 1.80. The minimum Gasteiger partial charge on any atom is -0.350 e. The van der Waals surface area contributed by atoms with Crippen molar-refractivity contribution >= 4 is 28.7 Å². The molecule has 0 saturated heterocycles. The third-order valence-electron chi connectivity index (χ3n) is 5.75.